The van der Waals surface area contributed by atoms with Crippen molar-refractivity contribution in [3.63, 3.8) is 0 Å². The van der Waals surface area contributed by atoms with Crippen LogP contribution in [0.4, 0.5) is 0 Å². The number of para-hydroxylation sites is 1. The zero-order valence-corrected chi connectivity index (χ0v) is 9.16. The summed E-state index contributed by atoms with van der Waals surface area (Å²) >= 11 is 0. The standard InChI is InChI=1S/C13H16N2O/c16-13(5-8-14-9-6-13)11-3-1-2-10-4-7-15-12(10)11/h1-4,7,14-16H,5-6,8-9H2. The third kappa shape index (κ3) is 1.44. The highest BCUT2D eigenvalue weighted by Gasteiger charge is 2.32. The van der Waals surface area contributed by atoms with E-state index in [2.05, 4.69) is 16.4 Å². The van der Waals surface area contributed by atoms with Gasteiger partial charge in [-0.2, -0.15) is 0 Å². The second-order valence-corrected chi connectivity index (χ2v) is 4.53. The third-order valence-electron chi connectivity index (χ3n) is 3.52. The van der Waals surface area contributed by atoms with Crippen molar-refractivity contribution in [1.82, 2.24) is 10.3 Å². The zero-order valence-electron chi connectivity index (χ0n) is 9.16. The summed E-state index contributed by atoms with van der Waals surface area (Å²) < 4.78 is 0. The van der Waals surface area contributed by atoms with E-state index in [1.807, 2.05) is 24.4 Å². The van der Waals surface area contributed by atoms with Crippen molar-refractivity contribution in [1.29, 1.82) is 0 Å². The van der Waals surface area contributed by atoms with E-state index in [0.29, 0.717) is 0 Å². The van der Waals surface area contributed by atoms with Crippen molar-refractivity contribution < 1.29 is 5.11 Å². The summed E-state index contributed by atoms with van der Waals surface area (Å²) in [5, 5.41) is 15.2. The number of H-pyrrole nitrogens is 1. The Labute approximate surface area is 94.5 Å². The molecule has 3 N–H and O–H groups in total. The quantitative estimate of drug-likeness (QED) is 0.680. The molecule has 1 aliphatic heterocycles. The first-order valence-electron chi connectivity index (χ1n) is 5.79. The minimum absolute atomic E-state index is 0.671. The molecule has 0 spiro atoms. The molecule has 1 saturated heterocycles. The van der Waals surface area contributed by atoms with E-state index in [1.165, 1.54) is 5.39 Å². The maximum Gasteiger partial charge on any atom is 0.0940 e. The smallest absolute Gasteiger partial charge is 0.0940 e. The first kappa shape index (κ1) is 9.87. The molecule has 0 atom stereocenters. The number of aromatic nitrogens is 1. The average molecular weight is 216 g/mol. The zero-order chi connectivity index (χ0) is 11.0. The summed E-state index contributed by atoms with van der Waals surface area (Å²) in [4.78, 5) is 3.23. The molecule has 2 heterocycles. The number of fused-ring (bicyclic) bond motifs is 1. The van der Waals surface area contributed by atoms with Gasteiger partial charge in [-0.05, 0) is 37.4 Å². The predicted molar refractivity (Wildman–Crippen MR) is 64.3 cm³/mol. The van der Waals surface area contributed by atoms with Crippen LogP contribution < -0.4 is 5.32 Å². The van der Waals surface area contributed by atoms with E-state index in [4.69, 9.17) is 0 Å². The van der Waals surface area contributed by atoms with Crippen molar-refractivity contribution >= 4 is 10.9 Å². The Bertz CT molecular complexity index is 497. The fraction of sp³-hybridized carbons (Fsp3) is 0.385. The Balaban J connectivity index is 2.13. The van der Waals surface area contributed by atoms with Crippen molar-refractivity contribution in [2.45, 2.75) is 18.4 Å². The second kappa shape index (κ2) is 3.61. The lowest BCUT2D eigenvalue weighted by atomic mass is 9.84. The number of hydrogen-bond acceptors (Lipinski definition) is 2. The van der Waals surface area contributed by atoms with E-state index >= 15 is 0 Å². The fourth-order valence-corrected chi connectivity index (χ4v) is 2.58. The van der Waals surface area contributed by atoms with Crippen LogP contribution in [0.5, 0.6) is 0 Å². The van der Waals surface area contributed by atoms with Gasteiger partial charge in [0, 0.05) is 11.8 Å². The summed E-state index contributed by atoms with van der Waals surface area (Å²) in [7, 11) is 0. The molecule has 1 fully saturated rings. The number of piperidine rings is 1. The Morgan fingerprint density at radius 2 is 1.94 bits per heavy atom. The molecular weight excluding hydrogens is 200 g/mol. The van der Waals surface area contributed by atoms with E-state index in [1.54, 1.807) is 0 Å². The molecule has 16 heavy (non-hydrogen) atoms. The average Bonchev–Trinajstić information content (AvgIpc) is 2.77. The normalized spacial score (nSPS) is 20.1. The highest BCUT2D eigenvalue weighted by molar-refractivity contribution is 5.83. The molecule has 0 radical (unpaired) electrons. The monoisotopic (exact) mass is 216 g/mol. The van der Waals surface area contributed by atoms with Crippen LogP contribution in [-0.2, 0) is 5.60 Å². The summed E-state index contributed by atoms with van der Waals surface area (Å²) in [5.41, 5.74) is 1.44. The highest BCUT2D eigenvalue weighted by Crippen LogP contribution is 2.34. The van der Waals surface area contributed by atoms with Crippen molar-refractivity contribution in [2.24, 2.45) is 0 Å². The molecule has 0 saturated carbocycles. The number of rotatable bonds is 1. The summed E-state index contributed by atoms with van der Waals surface area (Å²) in [5.74, 6) is 0. The van der Waals surface area contributed by atoms with Crippen molar-refractivity contribution in [3.8, 4) is 0 Å². The van der Waals surface area contributed by atoms with Crippen LogP contribution in [0.2, 0.25) is 0 Å². The van der Waals surface area contributed by atoms with Gasteiger partial charge >= 0.3 is 0 Å². The van der Waals surface area contributed by atoms with Gasteiger partial charge in [0.2, 0.25) is 0 Å². The molecule has 0 amide bonds. The van der Waals surface area contributed by atoms with Crippen LogP contribution in [0, 0.1) is 0 Å². The molecule has 1 aromatic heterocycles. The van der Waals surface area contributed by atoms with E-state index in [9.17, 15) is 5.11 Å². The lowest BCUT2D eigenvalue weighted by molar-refractivity contribution is 0.00720. The van der Waals surface area contributed by atoms with Crippen LogP contribution in [0.15, 0.2) is 30.5 Å². The number of aliphatic hydroxyl groups is 1. The van der Waals surface area contributed by atoms with Gasteiger partial charge < -0.3 is 15.4 Å². The first-order valence-corrected chi connectivity index (χ1v) is 5.79. The molecule has 3 rings (SSSR count). The SMILES string of the molecule is OC1(c2cccc3cc[nH]c23)CCNCC1. The Morgan fingerprint density at radius 3 is 2.75 bits per heavy atom. The molecule has 0 unspecified atom stereocenters. The maximum absolute atomic E-state index is 10.7. The van der Waals surface area contributed by atoms with Gasteiger partial charge in [0.05, 0.1) is 11.1 Å². The van der Waals surface area contributed by atoms with Gasteiger partial charge in [-0.3, -0.25) is 0 Å². The first-order chi connectivity index (χ1) is 7.80. The highest BCUT2D eigenvalue weighted by atomic mass is 16.3. The predicted octanol–water partition coefficient (Wildman–Crippen LogP) is 1.74. The molecule has 1 aliphatic rings. The molecule has 2 aromatic rings. The van der Waals surface area contributed by atoms with Gasteiger partial charge in [-0.15, -0.1) is 0 Å². The van der Waals surface area contributed by atoms with Crippen LogP contribution in [0.1, 0.15) is 18.4 Å². The minimum Gasteiger partial charge on any atom is -0.385 e. The molecular formula is C13H16N2O. The van der Waals surface area contributed by atoms with E-state index in [0.717, 1.165) is 37.0 Å². The molecule has 84 valence electrons. The van der Waals surface area contributed by atoms with Gasteiger partial charge in [0.15, 0.2) is 0 Å². The lowest BCUT2D eigenvalue weighted by Crippen LogP contribution is -2.39. The van der Waals surface area contributed by atoms with Gasteiger partial charge in [0.1, 0.15) is 0 Å². The molecule has 1 aromatic carbocycles. The Morgan fingerprint density at radius 1 is 1.12 bits per heavy atom. The van der Waals surface area contributed by atoms with E-state index in [-0.39, 0.29) is 0 Å². The molecule has 3 heteroatoms. The lowest BCUT2D eigenvalue weighted by Gasteiger charge is -2.33. The number of hydrogen-bond donors (Lipinski definition) is 3. The van der Waals surface area contributed by atoms with Gasteiger partial charge in [-0.1, -0.05) is 18.2 Å². The summed E-state index contributed by atoms with van der Waals surface area (Å²) in [6, 6.07) is 8.17. The van der Waals surface area contributed by atoms with Crippen LogP contribution in [0.25, 0.3) is 10.9 Å². The van der Waals surface area contributed by atoms with Crippen LogP contribution in [0.3, 0.4) is 0 Å². The van der Waals surface area contributed by atoms with Crippen LogP contribution in [-0.4, -0.2) is 23.2 Å². The maximum atomic E-state index is 10.7. The van der Waals surface area contributed by atoms with E-state index < -0.39 is 5.60 Å². The number of aromatic amines is 1. The summed E-state index contributed by atoms with van der Waals surface area (Å²) in [6.07, 6.45) is 3.49. The van der Waals surface area contributed by atoms with Gasteiger partial charge in [-0.25, -0.2) is 0 Å². The summed E-state index contributed by atoms with van der Waals surface area (Å²) in [6.45, 7) is 1.77. The molecule has 0 aliphatic carbocycles. The largest absolute Gasteiger partial charge is 0.385 e. The third-order valence-corrected chi connectivity index (χ3v) is 3.52. The Hall–Kier alpha value is -1.32. The number of benzene rings is 1. The van der Waals surface area contributed by atoms with Crippen molar-refractivity contribution in [3.05, 3.63) is 36.0 Å². The topological polar surface area (TPSA) is 48.0 Å². The fourth-order valence-electron chi connectivity index (χ4n) is 2.58. The minimum atomic E-state index is -0.671. The molecule has 3 nitrogen and oxygen atoms in total. The molecule has 0 bridgehead atoms. The number of nitrogens with one attached hydrogen (secondary N) is 2. The van der Waals surface area contributed by atoms with Crippen LogP contribution >= 0.6 is 0 Å². The second-order valence-electron chi connectivity index (χ2n) is 4.53. The van der Waals surface area contributed by atoms with Gasteiger partial charge in [0.25, 0.3) is 0 Å². The Kier molecular flexibility index (Phi) is 2.23. The van der Waals surface area contributed by atoms with Crippen molar-refractivity contribution in [2.75, 3.05) is 13.1 Å².